The number of rotatable bonds is 6. The maximum Gasteiger partial charge on any atom is 0.119 e. The van der Waals surface area contributed by atoms with Crippen LogP contribution < -0.4 is 10.1 Å². The molecule has 0 saturated carbocycles. The molecule has 1 aromatic rings. The van der Waals surface area contributed by atoms with E-state index in [0.29, 0.717) is 12.0 Å². The highest BCUT2D eigenvalue weighted by molar-refractivity contribution is 5.20. The molecule has 118 valence electrons. The number of nitrogens with one attached hydrogen (secondary N) is 1. The molecule has 1 aliphatic heterocycles. The average Bonchev–Trinajstić information content (AvgIpc) is 2.64. The van der Waals surface area contributed by atoms with E-state index in [1.807, 2.05) is 37.4 Å². The molecule has 3 nitrogen and oxygen atoms in total. The molecule has 2 rings (SSSR count). The highest BCUT2D eigenvalue weighted by Gasteiger charge is 2.48. The SMILES string of the molecule is CNC(CCOc1ccccc1)C1CC(C)(C)OC1(C)C. The second-order valence-electron chi connectivity index (χ2n) is 7.12. The standard InChI is InChI=1S/C18H29NO2/c1-17(2)13-15(18(3,4)21-17)16(19-5)11-12-20-14-9-7-6-8-10-14/h6-10,15-16,19H,11-13H2,1-5H3. The van der Waals surface area contributed by atoms with E-state index in [1.165, 1.54) is 0 Å². The maximum absolute atomic E-state index is 6.22. The van der Waals surface area contributed by atoms with Crippen molar-refractivity contribution < 1.29 is 9.47 Å². The Bertz CT molecular complexity index is 442. The summed E-state index contributed by atoms with van der Waals surface area (Å²) >= 11 is 0. The van der Waals surface area contributed by atoms with Crippen LogP contribution in [0.3, 0.4) is 0 Å². The first-order chi connectivity index (χ1) is 9.84. The monoisotopic (exact) mass is 291 g/mol. The third-order valence-corrected chi connectivity index (χ3v) is 4.44. The minimum Gasteiger partial charge on any atom is -0.494 e. The molecule has 0 aliphatic carbocycles. The lowest BCUT2D eigenvalue weighted by molar-refractivity contribution is -0.0779. The Kier molecular flexibility index (Phi) is 4.95. The highest BCUT2D eigenvalue weighted by Crippen LogP contribution is 2.44. The van der Waals surface area contributed by atoms with Crippen LogP contribution in [0.1, 0.15) is 40.5 Å². The molecule has 0 radical (unpaired) electrons. The van der Waals surface area contributed by atoms with E-state index in [9.17, 15) is 0 Å². The van der Waals surface area contributed by atoms with Crippen LogP contribution in [0.4, 0.5) is 0 Å². The molecular weight excluding hydrogens is 262 g/mol. The summed E-state index contributed by atoms with van der Waals surface area (Å²) < 4.78 is 12.1. The molecule has 0 amide bonds. The summed E-state index contributed by atoms with van der Waals surface area (Å²) in [6.45, 7) is 9.50. The molecule has 0 spiro atoms. The Morgan fingerprint density at radius 2 is 1.90 bits per heavy atom. The third kappa shape index (κ3) is 4.21. The predicted octanol–water partition coefficient (Wildman–Crippen LogP) is 3.64. The molecule has 1 heterocycles. The van der Waals surface area contributed by atoms with Crippen LogP contribution in [0, 0.1) is 5.92 Å². The molecule has 21 heavy (non-hydrogen) atoms. The molecule has 2 unspecified atom stereocenters. The van der Waals surface area contributed by atoms with Crippen LogP contribution in [0.15, 0.2) is 30.3 Å². The molecule has 1 saturated heterocycles. The Balaban J connectivity index is 1.91. The van der Waals surface area contributed by atoms with Gasteiger partial charge < -0.3 is 14.8 Å². The number of ether oxygens (including phenoxy) is 2. The first kappa shape index (κ1) is 16.3. The summed E-state index contributed by atoms with van der Waals surface area (Å²) in [6, 6.07) is 10.4. The number of hydrogen-bond donors (Lipinski definition) is 1. The zero-order valence-electron chi connectivity index (χ0n) is 14.0. The van der Waals surface area contributed by atoms with Crippen LogP contribution in [-0.2, 0) is 4.74 Å². The largest absolute Gasteiger partial charge is 0.494 e. The van der Waals surface area contributed by atoms with Crippen molar-refractivity contribution in [2.24, 2.45) is 5.92 Å². The Hall–Kier alpha value is -1.06. The lowest BCUT2D eigenvalue weighted by atomic mass is 9.80. The van der Waals surface area contributed by atoms with Crippen molar-refractivity contribution in [3.8, 4) is 5.75 Å². The van der Waals surface area contributed by atoms with E-state index in [0.717, 1.165) is 25.2 Å². The topological polar surface area (TPSA) is 30.5 Å². The molecule has 1 fully saturated rings. The van der Waals surface area contributed by atoms with Gasteiger partial charge >= 0.3 is 0 Å². The Morgan fingerprint density at radius 1 is 1.24 bits per heavy atom. The van der Waals surface area contributed by atoms with E-state index < -0.39 is 0 Å². The van der Waals surface area contributed by atoms with Crippen molar-refractivity contribution >= 4 is 0 Å². The first-order valence-corrected chi connectivity index (χ1v) is 7.89. The summed E-state index contributed by atoms with van der Waals surface area (Å²) in [5, 5.41) is 3.46. The Labute approximate surface area is 129 Å². The highest BCUT2D eigenvalue weighted by atomic mass is 16.5. The minimum atomic E-state index is -0.0933. The Morgan fingerprint density at radius 3 is 2.43 bits per heavy atom. The van der Waals surface area contributed by atoms with E-state index in [4.69, 9.17) is 9.47 Å². The zero-order valence-corrected chi connectivity index (χ0v) is 14.0. The van der Waals surface area contributed by atoms with Crippen LogP contribution in [0.2, 0.25) is 0 Å². The van der Waals surface area contributed by atoms with Gasteiger partial charge in [0.25, 0.3) is 0 Å². The van der Waals surface area contributed by atoms with E-state index in [-0.39, 0.29) is 11.2 Å². The fourth-order valence-electron chi connectivity index (χ4n) is 3.60. The molecule has 0 aromatic heterocycles. The summed E-state index contributed by atoms with van der Waals surface area (Å²) in [6.07, 6.45) is 2.07. The van der Waals surface area contributed by atoms with E-state index >= 15 is 0 Å². The maximum atomic E-state index is 6.22. The first-order valence-electron chi connectivity index (χ1n) is 7.89. The summed E-state index contributed by atoms with van der Waals surface area (Å²) in [5.74, 6) is 1.44. The number of para-hydroxylation sites is 1. The van der Waals surface area contributed by atoms with Gasteiger partial charge in [0.1, 0.15) is 5.75 Å². The average molecular weight is 291 g/mol. The van der Waals surface area contributed by atoms with Crippen molar-refractivity contribution in [3.05, 3.63) is 30.3 Å². The van der Waals surface area contributed by atoms with Crippen molar-refractivity contribution in [1.82, 2.24) is 5.32 Å². The van der Waals surface area contributed by atoms with E-state index in [1.54, 1.807) is 0 Å². The normalized spacial score (nSPS) is 24.7. The second kappa shape index (κ2) is 6.37. The predicted molar refractivity (Wildman–Crippen MR) is 86.8 cm³/mol. The molecular formula is C18H29NO2. The fraction of sp³-hybridized carbons (Fsp3) is 0.667. The zero-order chi connectivity index (χ0) is 15.5. The molecule has 1 N–H and O–H groups in total. The van der Waals surface area contributed by atoms with Gasteiger partial charge in [0, 0.05) is 12.0 Å². The summed E-state index contributed by atoms with van der Waals surface area (Å²) in [4.78, 5) is 0. The molecule has 1 aliphatic rings. The van der Waals surface area contributed by atoms with Gasteiger partial charge in [-0.2, -0.15) is 0 Å². The van der Waals surface area contributed by atoms with Gasteiger partial charge in [-0.1, -0.05) is 18.2 Å². The van der Waals surface area contributed by atoms with Gasteiger partial charge in [-0.3, -0.25) is 0 Å². The van der Waals surface area contributed by atoms with E-state index in [2.05, 4.69) is 33.0 Å². The summed E-state index contributed by atoms with van der Waals surface area (Å²) in [7, 11) is 2.04. The van der Waals surface area contributed by atoms with Crippen molar-refractivity contribution in [2.45, 2.75) is 57.8 Å². The van der Waals surface area contributed by atoms with Crippen LogP contribution >= 0.6 is 0 Å². The van der Waals surface area contributed by atoms with Crippen molar-refractivity contribution in [3.63, 3.8) is 0 Å². The fourth-order valence-corrected chi connectivity index (χ4v) is 3.60. The third-order valence-electron chi connectivity index (χ3n) is 4.44. The van der Waals surface area contributed by atoms with Gasteiger partial charge in [0.15, 0.2) is 0 Å². The molecule has 3 heteroatoms. The molecule has 0 bridgehead atoms. The minimum absolute atomic E-state index is 0.0381. The lowest BCUT2D eigenvalue weighted by Crippen LogP contribution is -2.43. The van der Waals surface area contributed by atoms with Gasteiger partial charge in [-0.25, -0.2) is 0 Å². The summed E-state index contributed by atoms with van der Waals surface area (Å²) in [5.41, 5.74) is -0.131. The molecule has 2 atom stereocenters. The number of hydrogen-bond acceptors (Lipinski definition) is 3. The lowest BCUT2D eigenvalue weighted by Gasteiger charge is -2.32. The van der Waals surface area contributed by atoms with Crippen LogP contribution in [-0.4, -0.2) is 30.9 Å². The number of benzene rings is 1. The van der Waals surface area contributed by atoms with Gasteiger partial charge in [-0.05, 0) is 59.7 Å². The van der Waals surface area contributed by atoms with Crippen molar-refractivity contribution in [2.75, 3.05) is 13.7 Å². The van der Waals surface area contributed by atoms with Gasteiger partial charge in [0.05, 0.1) is 17.8 Å². The van der Waals surface area contributed by atoms with Crippen molar-refractivity contribution in [1.29, 1.82) is 0 Å². The van der Waals surface area contributed by atoms with Gasteiger partial charge in [0.2, 0.25) is 0 Å². The van der Waals surface area contributed by atoms with Crippen LogP contribution in [0.5, 0.6) is 5.75 Å². The second-order valence-corrected chi connectivity index (χ2v) is 7.12. The molecule has 1 aromatic carbocycles. The van der Waals surface area contributed by atoms with Gasteiger partial charge in [-0.15, -0.1) is 0 Å². The van der Waals surface area contributed by atoms with Crippen LogP contribution in [0.25, 0.3) is 0 Å². The quantitative estimate of drug-likeness (QED) is 0.868. The smallest absolute Gasteiger partial charge is 0.119 e.